The summed E-state index contributed by atoms with van der Waals surface area (Å²) in [5.74, 6) is -2.43. The van der Waals surface area contributed by atoms with Gasteiger partial charge in [-0.2, -0.15) is 0 Å². The number of carboxylic acid groups (broad SMARTS) is 1. The first-order valence-corrected chi connectivity index (χ1v) is 5.68. The smallest absolute Gasteiger partial charge is 0.326 e. The molecule has 3 N–H and O–H groups in total. The molecule has 2 atom stereocenters. The van der Waals surface area contributed by atoms with Crippen molar-refractivity contribution in [1.29, 1.82) is 0 Å². The van der Waals surface area contributed by atoms with Gasteiger partial charge in [0.15, 0.2) is 0 Å². The maximum Gasteiger partial charge on any atom is 0.326 e. The Labute approximate surface area is 107 Å². The van der Waals surface area contributed by atoms with E-state index in [0.717, 1.165) is 9.80 Å². The van der Waals surface area contributed by atoms with E-state index < -0.39 is 42.5 Å². The van der Waals surface area contributed by atoms with Crippen LogP contribution in [0.15, 0.2) is 0 Å². The van der Waals surface area contributed by atoms with Gasteiger partial charge in [-0.25, -0.2) is 9.59 Å². The predicted octanol–water partition coefficient (Wildman–Crippen LogP) is -2.42. The summed E-state index contributed by atoms with van der Waals surface area (Å²) in [4.78, 5) is 47.2. The van der Waals surface area contributed by atoms with Gasteiger partial charge >= 0.3 is 12.0 Å². The minimum Gasteiger partial charge on any atom is -0.480 e. The number of hydrogen-bond acceptors (Lipinski definition) is 5. The summed E-state index contributed by atoms with van der Waals surface area (Å²) >= 11 is 0. The highest BCUT2D eigenvalue weighted by Crippen LogP contribution is 2.18. The highest BCUT2D eigenvalue weighted by Gasteiger charge is 2.40. The Hall–Kier alpha value is -2.16. The maximum absolute atomic E-state index is 11.9. The monoisotopic (exact) mass is 271 g/mol. The lowest BCUT2D eigenvalue weighted by molar-refractivity contribution is -0.148. The van der Waals surface area contributed by atoms with Crippen molar-refractivity contribution in [3.05, 3.63) is 0 Å². The zero-order valence-corrected chi connectivity index (χ0v) is 9.90. The average molecular weight is 271 g/mol. The number of carbonyl (C=O) groups excluding carboxylic acids is 3. The molecule has 2 aliphatic rings. The molecule has 104 valence electrons. The van der Waals surface area contributed by atoms with Gasteiger partial charge in [0.25, 0.3) is 5.91 Å². The normalized spacial score (nSPS) is 26.8. The van der Waals surface area contributed by atoms with Crippen LogP contribution in [-0.4, -0.2) is 75.6 Å². The second-order valence-electron chi connectivity index (χ2n) is 4.43. The number of carboxylic acids is 1. The van der Waals surface area contributed by atoms with Crippen molar-refractivity contribution in [3.8, 4) is 0 Å². The molecule has 0 bridgehead atoms. The molecule has 0 aromatic heterocycles. The summed E-state index contributed by atoms with van der Waals surface area (Å²) in [6.45, 7) is -0.794. The molecule has 2 heterocycles. The molecule has 4 amide bonds. The third-order valence-corrected chi connectivity index (χ3v) is 3.11. The summed E-state index contributed by atoms with van der Waals surface area (Å²) < 4.78 is 0. The number of hydrogen-bond donors (Lipinski definition) is 3. The minimum absolute atomic E-state index is 0.0543. The third-order valence-electron chi connectivity index (χ3n) is 3.11. The summed E-state index contributed by atoms with van der Waals surface area (Å²) in [6, 6.07) is -1.80. The number of carbonyl (C=O) groups is 4. The fourth-order valence-electron chi connectivity index (χ4n) is 2.16. The van der Waals surface area contributed by atoms with Crippen molar-refractivity contribution in [2.45, 2.75) is 18.6 Å². The third kappa shape index (κ3) is 2.50. The highest BCUT2D eigenvalue weighted by molar-refractivity contribution is 6.04. The lowest BCUT2D eigenvalue weighted by Gasteiger charge is -2.23. The maximum atomic E-state index is 11.9. The van der Waals surface area contributed by atoms with Crippen molar-refractivity contribution in [1.82, 2.24) is 15.1 Å². The second kappa shape index (κ2) is 4.84. The largest absolute Gasteiger partial charge is 0.480 e. The van der Waals surface area contributed by atoms with Crippen LogP contribution in [0.1, 0.15) is 6.42 Å². The fraction of sp³-hybridized carbons (Fsp3) is 0.600. The van der Waals surface area contributed by atoms with Crippen LogP contribution in [0.25, 0.3) is 0 Å². The Bertz CT molecular complexity index is 435. The van der Waals surface area contributed by atoms with Gasteiger partial charge in [0, 0.05) is 13.0 Å². The Morgan fingerprint density at radius 3 is 2.58 bits per heavy atom. The van der Waals surface area contributed by atoms with Crippen LogP contribution in [0, 0.1) is 0 Å². The number of aliphatic hydroxyl groups excluding tert-OH is 1. The van der Waals surface area contributed by atoms with E-state index in [1.165, 1.54) is 0 Å². The van der Waals surface area contributed by atoms with Crippen LogP contribution in [0.5, 0.6) is 0 Å². The topological polar surface area (TPSA) is 127 Å². The van der Waals surface area contributed by atoms with Gasteiger partial charge in [-0.05, 0) is 0 Å². The molecule has 19 heavy (non-hydrogen) atoms. The summed E-state index contributed by atoms with van der Waals surface area (Å²) in [6.07, 6.45) is -0.963. The van der Waals surface area contributed by atoms with Crippen molar-refractivity contribution < 1.29 is 29.4 Å². The van der Waals surface area contributed by atoms with Crippen LogP contribution in [0.4, 0.5) is 4.79 Å². The molecule has 9 nitrogen and oxygen atoms in total. The molecule has 0 aromatic carbocycles. The quantitative estimate of drug-likeness (QED) is 0.490. The molecule has 9 heteroatoms. The van der Waals surface area contributed by atoms with E-state index in [2.05, 4.69) is 5.32 Å². The summed E-state index contributed by atoms with van der Waals surface area (Å²) in [5, 5.41) is 20.6. The number of urea groups is 1. The van der Waals surface area contributed by atoms with Gasteiger partial charge in [-0.3, -0.25) is 14.5 Å². The first-order valence-electron chi connectivity index (χ1n) is 5.68. The number of aliphatic carboxylic acids is 1. The molecule has 0 radical (unpaired) electrons. The minimum atomic E-state index is -1.22. The number of nitrogens with zero attached hydrogens (tertiary/aromatic N) is 2. The number of rotatable bonds is 3. The average Bonchev–Trinajstić information content (AvgIpc) is 2.87. The van der Waals surface area contributed by atoms with Gasteiger partial charge in [0.1, 0.15) is 12.6 Å². The number of likely N-dealkylation sites (tertiary alicyclic amines) is 1. The number of aliphatic hydroxyl groups is 1. The predicted molar refractivity (Wildman–Crippen MR) is 58.9 cm³/mol. The van der Waals surface area contributed by atoms with Gasteiger partial charge in [-0.1, -0.05) is 0 Å². The van der Waals surface area contributed by atoms with Gasteiger partial charge in [-0.15, -0.1) is 0 Å². The van der Waals surface area contributed by atoms with Crippen molar-refractivity contribution in [2.24, 2.45) is 0 Å². The molecular formula is C10H13N3O6. The summed E-state index contributed by atoms with van der Waals surface area (Å²) in [7, 11) is 0. The molecule has 2 fully saturated rings. The Morgan fingerprint density at radius 2 is 2.05 bits per heavy atom. The van der Waals surface area contributed by atoms with Crippen molar-refractivity contribution in [3.63, 3.8) is 0 Å². The number of amides is 4. The highest BCUT2D eigenvalue weighted by atomic mass is 16.4. The Kier molecular flexibility index (Phi) is 3.38. The van der Waals surface area contributed by atoms with Crippen LogP contribution < -0.4 is 5.32 Å². The van der Waals surface area contributed by atoms with E-state index in [4.69, 9.17) is 5.11 Å². The van der Waals surface area contributed by atoms with Crippen LogP contribution in [-0.2, 0) is 14.4 Å². The van der Waals surface area contributed by atoms with E-state index in [1.807, 2.05) is 0 Å². The zero-order chi connectivity index (χ0) is 14.2. The van der Waals surface area contributed by atoms with Gasteiger partial charge in [0.2, 0.25) is 5.91 Å². The first kappa shape index (κ1) is 13.3. The van der Waals surface area contributed by atoms with Gasteiger partial charge < -0.3 is 20.4 Å². The van der Waals surface area contributed by atoms with E-state index in [-0.39, 0.29) is 19.5 Å². The molecule has 0 unspecified atom stereocenters. The molecule has 0 saturated carbocycles. The number of β-amino-alcohol motifs (C(OH)–C–C–N with tert-alkyl or cyclic N) is 1. The zero-order valence-electron chi connectivity index (χ0n) is 9.90. The standard InChI is InChI=1S/C10H13N3O6/c14-5-1-6(9(17)18)12(3-5)8(16)4-13-7(15)2-11-10(13)19/h5-6,14H,1-4H2,(H,11,19)(H,17,18)/t5-,6+/m1/s1. The van der Waals surface area contributed by atoms with E-state index in [1.54, 1.807) is 0 Å². The molecule has 0 spiro atoms. The molecule has 0 aliphatic carbocycles. The molecular weight excluding hydrogens is 258 g/mol. The van der Waals surface area contributed by atoms with Crippen LogP contribution in [0.3, 0.4) is 0 Å². The lowest BCUT2D eigenvalue weighted by atomic mass is 10.2. The fourth-order valence-corrected chi connectivity index (χ4v) is 2.16. The Morgan fingerprint density at radius 1 is 1.37 bits per heavy atom. The SMILES string of the molecule is O=C(O)[C@@H]1C[C@@H](O)CN1C(=O)CN1C(=O)CNC1=O. The lowest BCUT2D eigenvalue weighted by Crippen LogP contribution is -2.47. The Balaban J connectivity index is 2.05. The number of imide groups is 1. The first-order chi connectivity index (χ1) is 8.90. The van der Waals surface area contributed by atoms with Crippen molar-refractivity contribution in [2.75, 3.05) is 19.6 Å². The van der Waals surface area contributed by atoms with Gasteiger partial charge in [0.05, 0.1) is 12.6 Å². The molecule has 2 aliphatic heterocycles. The second-order valence-corrected chi connectivity index (χ2v) is 4.43. The van der Waals surface area contributed by atoms with Crippen molar-refractivity contribution >= 4 is 23.8 Å². The van der Waals surface area contributed by atoms with E-state index in [0.29, 0.717) is 0 Å². The summed E-state index contributed by atoms with van der Waals surface area (Å²) in [5.41, 5.74) is 0. The van der Waals surface area contributed by atoms with Crippen LogP contribution >= 0.6 is 0 Å². The number of nitrogens with one attached hydrogen (secondary N) is 1. The van der Waals surface area contributed by atoms with E-state index >= 15 is 0 Å². The molecule has 2 rings (SSSR count). The molecule has 0 aromatic rings. The van der Waals surface area contributed by atoms with Crippen LogP contribution in [0.2, 0.25) is 0 Å². The van der Waals surface area contributed by atoms with E-state index in [9.17, 15) is 24.3 Å². The molecule has 2 saturated heterocycles.